The van der Waals surface area contributed by atoms with Crippen LogP contribution in [0.3, 0.4) is 0 Å². The zero-order valence-corrected chi connectivity index (χ0v) is 10.1. The monoisotopic (exact) mass is 235 g/mol. The maximum absolute atomic E-state index is 10.9. The third kappa shape index (κ3) is 1.63. The summed E-state index contributed by atoms with van der Waals surface area (Å²) < 4.78 is 0. The second kappa shape index (κ2) is 4.30. The second-order valence-corrected chi connectivity index (χ2v) is 4.43. The summed E-state index contributed by atoms with van der Waals surface area (Å²) in [4.78, 5) is 14.0. The van der Waals surface area contributed by atoms with Gasteiger partial charge in [-0.3, -0.25) is 4.79 Å². The van der Waals surface area contributed by atoms with E-state index in [0.717, 1.165) is 23.6 Å². The zero-order chi connectivity index (χ0) is 11.7. The number of carbonyl (C=O) groups excluding carboxylic acids is 1. The van der Waals surface area contributed by atoms with E-state index < -0.39 is 0 Å². The van der Waals surface area contributed by atoms with Gasteiger partial charge in [-0.25, -0.2) is 0 Å². The van der Waals surface area contributed by atoms with Crippen molar-refractivity contribution in [2.24, 2.45) is 0 Å². The van der Waals surface area contributed by atoms with Gasteiger partial charge in [0.15, 0.2) is 6.29 Å². The molecule has 1 aromatic carbocycles. The number of para-hydroxylation sites is 1. The van der Waals surface area contributed by atoms with E-state index in [2.05, 4.69) is 24.9 Å². The van der Waals surface area contributed by atoms with Crippen molar-refractivity contribution < 1.29 is 4.79 Å². The molecular formula is C13H14ClNO. The minimum absolute atomic E-state index is 0.431. The molecule has 0 aliphatic carbocycles. The summed E-state index contributed by atoms with van der Waals surface area (Å²) in [7, 11) is 0. The largest absolute Gasteiger partial charge is 0.345 e. The molecule has 0 saturated carbocycles. The van der Waals surface area contributed by atoms with Crippen LogP contribution in [0.2, 0.25) is 5.15 Å². The minimum atomic E-state index is 0.431. The SMILES string of the molecule is CCC(C)c1cccc2c(C=O)c(Cl)[nH]c12. The average molecular weight is 236 g/mol. The smallest absolute Gasteiger partial charge is 0.153 e. The Morgan fingerprint density at radius 1 is 1.50 bits per heavy atom. The summed E-state index contributed by atoms with van der Waals surface area (Å²) in [6, 6.07) is 5.98. The molecular weight excluding hydrogens is 222 g/mol. The van der Waals surface area contributed by atoms with Crippen LogP contribution in [-0.4, -0.2) is 11.3 Å². The molecule has 16 heavy (non-hydrogen) atoms. The predicted octanol–water partition coefficient (Wildman–Crippen LogP) is 4.15. The van der Waals surface area contributed by atoms with Crippen molar-refractivity contribution in [3.05, 3.63) is 34.5 Å². The van der Waals surface area contributed by atoms with Crippen molar-refractivity contribution in [3.8, 4) is 0 Å². The lowest BCUT2D eigenvalue weighted by Gasteiger charge is -2.09. The lowest BCUT2D eigenvalue weighted by Crippen LogP contribution is -1.92. The van der Waals surface area contributed by atoms with E-state index in [1.807, 2.05) is 12.1 Å². The van der Waals surface area contributed by atoms with Gasteiger partial charge in [0.25, 0.3) is 0 Å². The highest BCUT2D eigenvalue weighted by molar-refractivity contribution is 6.34. The first kappa shape index (κ1) is 11.2. The van der Waals surface area contributed by atoms with Crippen molar-refractivity contribution in [1.82, 2.24) is 4.98 Å². The van der Waals surface area contributed by atoms with Crippen LogP contribution in [0.5, 0.6) is 0 Å². The molecule has 1 N–H and O–H groups in total. The number of rotatable bonds is 3. The summed E-state index contributed by atoms with van der Waals surface area (Å²) in [5.41, 5.74) is 2.76. The van der Waals surface area contributed by atoms with Gasteiger partial charge in [-0.05, 0) is 17.9 Å². The molecule has 2 nitrogen and oxygen atoms in total. The molecule has 3 heteroatoms. The predicted molar refractivity (Wildman–Crippen MR) is 67.4 cm³/mol. The second-order valence-electron chi connectivity index (χ2n) is 4.05. The number of aldehydes is 1. The molecule has 0 amide bonds. The van der Waals surface area contributed by atoms with E-state index in [-0.39, 0.29) is 0 Å². The Balaban J connectivity index is 2.74. The molecule has 84 valence electrons. The Labute approximate surface area is 99.6 Å². The number of nitrogens with one attached hydrogen (secondary N) is 1. The Bertz CT molecular complexity index is 530. The first-order valence-electron chi connectivity index (χ1n) is 5.44. The molecule has 2 aromatic rings. The van der Waals surface area contributed by atoms with E-state index in [0.29, 0.717) is 16.6 Å². The number of hydrogen-bond donors (Lipinski definition) is 1. The van der Waals surface area contributed by atoms with Gasteiger partial charge in [0.05, 0.1) is 11.1 Å². The van der Waals surface area contributed by atoms with Crippen LogP contribution >= 0.6 is 11.6 Å². The fourth-order valence-corrected chi connectivity index (χ4v) is 2.22. The van der Waals surface area contributed by atoms with Gasteiger partial charge in [-0.2, -0.15) is 0 Å². The number of H-pyrrole nitrogens is 1. The van der Waals surface area contributed by atoms with E-state index in [9.17, 15) is 4.79 Å². The van der Waals surface area contributed by atoms with Crippen LogP contribution < -0.4 is 0 Å². The molecule has 0 fully saturated rings. The Morgan fingerprint density at radius 3 is 2.88 bits per heavy atom. The minimum Gasteiger partial charge on any atom is -0.345 e. The molecule has 0 spiro atoms. The Hall–Kier alpha value is -1.28. The van der Waals surface area contributed by atoms with Gasteiger partial charge in [-0.15, -0.1) is 0 Å². The standard InChI is InChI=1S/C13H14ClNO/c1-3-8(2)9-5-4-6-10-11(7-16)13(14)15-12(9)10/h4-8,15H,3H2,1-2H3. The van der Waals surface area contributed by atoms with Crippen LogP contribution in [0, 0.1) is 0 Å². The molecule has 0 aliphatic rings. The molecule has 1 unspecified atom stereocenters. The summed E-state index contributed by atoms with van der Waals surface area (Å²) in [6.07, 6.45) is 1.87. The first-order valence-corrected chi connectivity index (χ1v) is 5.82. The van der Waals surface area contributed by atoms with Crippen LogP contribution in [0.15, 0.2) is 18.2 Å². The van der Waals surface area contributed by atoms with Crippen molar-refractivity contribution in [1.29, 1.82) is 0 Å². The van der Waals surface area contributed by atoms with Gasteiger partial charge in [0.2, 0.25) is 0 Å². The number of hydrogen-bond acceptors (Lipinski definition) is 1. The highest BCUT2D eigenvalue weighted by Gasteiger charge is 2.14. The molecule has 0 radical (unpaired) electrons. The lowest BCUT2D eigenvalue weighted by molar-refractivity contribution is 0.112. The maximum Gasteiger partial charge on any atom is 0.153 e. The highest BCUT2D eigenvalue weighted by atomic mass is 35.5. The summed E-state index contributed by atoms with van der Waals surface area (Å²) >= 11 is 6.00. The third-order valence-electron chi connectivity index (χ3n) is 3.12. The van der Waals surface area contributed by atoms with Gasteiger partial charge >= 0.3 is 0 Å². The van der Waals surface area contributed by atoms with E-state index >= 15 is 0 Å². The van der Waals surface area contributed by atoms with Crippen molar-refractivity contribution in [2.45, 2.75) is 26.2 Å². The normalized spacial score (nSPS) is 12.9. The fourth-order valence-electron chi connectivity index (χ4n) is 1.98. The quantitative estimate of drug-likeness (QED) is 0.797. The topological polar surface area (TPSA) is 32.9 Å². The lowest BCUT2D eigenvalue weighted by atomic mass is 9.96. The van der Waals surface area contributed by atoms with E-state index in [4.69, 9.17) is 11.6 Å². The molecule has 1 heterocycles. The average Bonchev–Trinajstić information content (AvgIpc) is 2.63. The van der Waals surface area contributed by atoms with Crippen molar-refractivity contribution in [2.75, 3.05) is 0 Å². The number of fused-ring (bicyclic) bond motifs is 1. The number of aromatic amines is 1. The van der Waals surface area contributed by atoms with Gasteiger partial charge < -0.3 is 4.98 Å². The first-order chi connectivity index (χ1) is 7.69. The van der Waals surface area contributed by atoms with E-state index in [1.54, 1.807) is 0 Å². The number of halogens is 1. The summed E-state index contributed by atoms with van der Waals surface area (Å²) in [5.74, 6) is 0.456. The molecule has 1 atom stereocenters. The third-order valence-corrected chi connectivity index (χ3v) is 3.42. The van der Waals surface area contributed by atoms with Gasteiger partial charge in [-0.1, -0.05) is 43.6 Å². The Morgan fingerprint density at radius 2 is 2.25 bits per heavy atom. The zero-order valence-electron chi connectivity index (χ0n) is 9.38. The summed E-state index contributed by atoms with van der Waals surface area (Å²) in [6.45, 7) is 4.32. The molecule has 0 bridgehead atoms. The molecule has 0 aliphatic heterocycles. The molecule has 0 saturated heterocycles. The number of aromatic nitrogens is 1. The highest BCUT2D eigenvalue weighted by Crippen LogP contribution is 2.31. The molecule has 2 rings (SSSR count). The fraction of sp³-hybridized carbons (Fsp3) is 0.308. The van der Waals surface area contributed by atoms with Gasteiger partial charge in [0.1, 0.15) is 5.15 Å². The van der Waals surface area contributed by atoms with Crippen LogP contribution in [0.1, 0.15) is 42.1 Å². The Kier molecular flexibility index (Phi) is 3.01. The number of carbonyl (C=O) groups is 1. The van der Waals surface area contributed by atoms with Crippen LogP contribution in [0.25, 0.3) is 10.9 Å². The summed E-state index contributed by atoms with van der Waals surface area (Å²) in [5, 5.41) is 1.35. The van der Waals surface area contributed by atoms with Gasteiger partial charge in [0, 0.05) is 5.39 Å². The van der Waals surface area contributed by atoms with Crippen molar-refractivity contribution >= 4 is 28.8 Å². The van der Waals surface area contributed by atoms with E-state index in [1.165, 1.54) is 5.56 Å². The van der Waals surface area contributed by atoms with Crippen LogP contribution in [-0.2, 0) is 0 Å². The maximum atomic E-state index is 10.9. The molecule has 1 aromatic heterocycles. The van der Waals surface area contributed by atoms with Crippen LogP contribution in [0.4, 0.5) is 0 Å². The van der Waals surface area contributed by atoms with Crippen molar-refractivity contribution in [3.63, 3.8) is 0 Å². The number of benzene rings is 1.